The van der Waals surface area contributed by atoms with Crippen LogP contribution < -0.4 is 0 Å². The highest BCUT2D eigenvalue weighted by Gasteiger charge is 2.41. The molecule has 4 rings (SSSR count). The van der Waals surface area contributed by atoms with Gasteiger partial charge in [-0.05, 0) is 44.6 Å². The number of amides is 1. The van der Waals surface area contributed by atoms with Gasteiger partial charge >= 0.3 is 0 Å². The van der Waals surface area contributed by atoms with Crippen LogP contribution >= 0.6 is 0 Å². The molecule has 0 radical (unpaired) electrons. The van der Waals surface area contributed by atoms with Crippen molar-refractivity contribution in [1.29, 1.82) is 0 Å². The molecule has 2 aliphatic carbocycles. The van der Waals surface area contributed by atoms with Gasteiger partial charge in [0.05, 0.1) is 17.9 Å². The van der Waals surface area contributed by atoms with Gasteiger partial charge in [-0.1, -0.05) is 12.8 Å². The minimum absolute atomic E-state index is 0.121. The predicted molar refractivity (Wildman–Crippen MR) is 82.7 cm³/mol. The summed E-state index contributed by atoms with van der Waals surface area (Å²) in [5.74, 6) is 1.72. The fraction of sp³-hybridized carbons (Fsp3) is 0.722. The van der Waals surface area contributed by atoms with E-state index in [4.69, 9.17) is 4.42 Å². The predicted octanol–water partition coefficient (Wildman–Crippen LogP) is 3.31. The minimum Gasteiger partial charge on any atom is -0.468 e. The summed E-state index contributed by atoms with van der Waals surface area (Å²) >= 11 is 0. The number of hydrogen-bond donors (Lipinski definition) is 1. The smallest absolute Gasteiger partial charge is 0.257 e. The van der Waals surface area contributed by atoms with E-state index in [1.54, 1.807) is 6.26 Å². The molecular weight excluding hydrogens is 278 g/mol. The van der Waals surface area contributed by atoms with Crippen molar-refractivity contribution < 1.29 is 14.3 Å². The summed E-state index contributed by atoms with van der Waals surface area (Å²) in [6.45, 7) is 0.821. The molecule has 1 aromatic heterocycles. The number of hydrogen-bond acceptors (Lipinski definition) is 3. The van der Waals surface area contributed by atoms with Gasteiger partial charge in [-0.2, -0.15) is 0 Å². The summed E-state index contributed by atoms with van der Waals surface area (Å²) in [6.07, 6.45) is 10.0. The van der Waals surface area contributed by atoms with E-state index >= 15 is 0 Å². The number of likely N-dealkylation sites (tertiary alicyclic amines) is 1. The van der Waals surface area contributed by atoms with Gasteiger partial charge in [-0.3, -0.25) is 4.79 Å². The van der Waals surface area contributed by atoms with Crippen molar-refractivity contribution in [2.75, 3.05) is 6.54 Å². The van der Waals surface area contributed by atoms with Crippen molar-refractivity contribution in [3.8, 4) is 0 Å². The first-order valence-corrected chi connectivity index (χ1v) is 8.82. The molecule has 2 heterocycles. The molecule has 1 saturated heterocycles. The van der Waals surface area contributed by atoms with Crippen LogP contribution in [0.5, 0.6) is 0 Å². The molecule has 1 amide bonds. The summed E-state index contributed by atoms with van der Waals surface area (Å²) in [7, 11) is 0. The van der Waals surface area contributed by atoms with Crippen LogP contribution in [0.15, 0.2) is 16.7 Å². The number of aliphatic hydroxyl groups is 1. The summed E-state index contributed by atoms with van der Waals surface area (Å²) in [5.41, 5.74) is 0.764. The zero-order valence-electron chi connectivity index (χ0n) is 13.0. The highest BCUT2D eigenvalue weighted by atomic mass is 16.3. The van der Waals surface area contributed by atoms with Gasteiger partial charge in [-0.25, -0.2) is 0 Å². The first-order valence-electron chi connectivity index (χ1n) is 8.82. The average Bonchev–Trinajstić information content (AvgIpc) is 3.07. The summed E-state index contributed by atoms with van der Waals surface area (Å²) < 4.78 is 5.57. The Kier molecular flexibility index (Phi) is 3.73. The SMILES string of the molecule is O=C(c1ccoc1C1CC1)N1CCCC1C1CCCCC1O. The quantitative estimate of drug-likeness (QED) is 0.932. The number of carbonyl (C=O) groups excluding carboxylic acids is 1. The molecule has 1 N–H and O–H groups in total. The van der Waals surface area contributed by atoms with E-state index in [1.807, 2.05) is 11.0 Å². The van der Waals surface area contributed by atoms with Gasteiger partial charge in [0.2, 0.25) is 0 Å². The molecular formula is C18H25NO3. The highest BCUT2D eigenvalue weighted by molar-refractivity contribution is 5.95. The maximum Gasteiger partial charge on any atom is 0.257 e. The zero-order valence-corrected chi connectivity index (χ0v) is 13.0. The maximum absolute atomic E-state index is 13.0. The molecule has 0 bridgehead atoms. The maximum atomic E-state index is 13.0. The average molecular weight is 303 g/mol. The standard InChI is InChI=1S/C18H25NO3/c20-16-6-2-1-4-13(16)15-5-3-10-19(15)18(21)14-9-11-22-17(14)12-7-8-12/h9,11-13,15-16,20H,1-8,10H2. The van der Waals surface area contributed by atoms with Gasteiger partial charge in [0.25, 0.3) is 5.91 Å². The van der Waals surface area contributed by atoms with Crippen molar-refractivity contribution in [1.82, 2.24) is 4.90 Å². The molecule has 4 heteroatoms. The molecule has 3 unspecified atom stereocenters. The Morgan fingerprint density at radius 1 is 1.14 bits per heavy atom. The lowest BCUT2D eigenvalue weighted by Crippen LogP contribution is -2.45. The Labute approximate surface area is 131 Å². The number of furan rings is 1. The number of nitrogens with zero attached hydrogens (tertiary/aromatic N) is 1. The van der Waals surface area contributed by atoms with Gasteiger partial charge in [-0.15, -0.1) is 0 Å². The molecule has 2 saturated carbocycles. The van der Waals surface area contributed by atoms with Crippen LogP contribution in [0, 0.1) is 5.92 Å². The highest BCUT2D eigenvalue weighted by Crippen LogP contribution is 2.43. The molecule has 0 aromatic carbocycles. The third kappa shape index (κ3) is 2.47. The van der Waals surface area contributed by atoms with Crippen LogP contribution in [0.1, 0.15) is 73.4 Å². The molecule has 120 valence electrons. The summed E-state index contributed by atoms with van der Waals surface area (Å²) in [5, 5.41) is 10.4. The molecule has 3 aliphatic rings. The summed E-state index contributed by atoms with van der Waals surface area (Å²) in [4.78, 5) is 15.0. The molecule has 1 aromatic rings. The van der Waals surface area contributed by atoms with E-state index < -0.39 is 0 Å². The van der Waals surface area contributed by atoms with E-state index in [0.717, 1.165) is 62.8 Å². The first-order chi connectivity index (χ1) is 10.8. The van der Waals surface area contributed by atoms with Crippen LogP contribution in [-0.2, 0) is 0 Å². The van der Waals surface area contributed by atoms with Crippen LogP contribution in [0.25, 0.3) is 0 Å². The van der Waals surface area contributed by atoms with Crippen LogP contribution in [0.4, 0.5) is 0 Å². The normalized spacial score (nSPS) is 32.4. The second kappa shape index (κ2) is 5.73. The Bertz CT molecular complexity index is 548. The molecule has 3 atom stereocenters. The van der Waals surface area contributed by atoms with E-state index in [1.165, 1.54) is 6.42 Å². The third-order valence-corrected chi connectivity index (χ3v) is 5.71. The van der Waals surface area contributed by atoms with Crippen molar-refractivity contribution in [2.24, 2.45) is 5.92 Å². The van der Waals surface area contributed by atoms with E-state index in [9.17, 15) is 9.90 Å². The summed E-state index contributed by atoms with van der Waals surface area (Å²) in [6, 6.07) is 2.05. The fourth-order valence-electron chi connectivity index (χ4n) is 4.39. The van der Waals surface area contributed by atoms with Crippen molar-refractivity contribution in [3.05, 3.63) is 23.7 Å². The second-order valence-electron chi connectivity index (χ2n) is 7.20. The Morgan fingerprint density at radius 3 is 2.73 bits per heavy atom. The molecule has 0 spiro atoms. The lowest BCUT2D eigenvalue weighted by atomic mass is 9.80. The minimum atomic E-state index is -0.237. The monoisotopic (exact) mass is 303 g/mol. The molecule has 1 aliphatic heterocycles. The van der Waals surface area contributed by atoms with Gasteiger partial charge in [0, 0.05) is 24.4 Å². The lowest BCUT2D eigenvalue weighted by molar-refractivity contribution is 0.0211. The lowest BCUT2D eigenvalue weighted by Gasteiger charge is -2.37. The number of carbonyl (C=O) groups is 1. The topological polar surface area (TPSA) is 53.7 Å². The Morgan fingerprint density at radius 2 is 1.95 bits per heavy atom. The van der Waals surface area contributed by atoms with Crippen LogP contribution in [-0.4, -0.2) is 34.6 Å². The van der Waals surface area contributed by atoms with E-state index in [0.29, 0.717) is 5.92 Å². The van der Waals surface area contributed by atoms with Gasteiger partial charge < -0.3 is 14.4 Å². The van der Waals surface area contributed by atoms with Crippen LogP contribution in [0.3, 0.4) is 0 Å². The van der Waals surface area contributed by atoms with Crippen molar-refractivity contribution >= 4 is 5.91 Å². The largest absolute Gasteiger partial charge is 0.468 e. The Hall–Kier alpha value is -1.29. The third-order valence-electron chi connectivity index (χ3n) is 5.71. The van der Waals surface area contributed by atoms with Crippen LogP contribution in [0.2, 0.25) is 0 Å². The van der Waals surface area contributed by atoms with Crippen molar-refractivity contribution in [2.45, 2.75) is 69.4 Å². The number of aliphatic hydroxyl groups excluding tert-OH is 1. The Balaban J connectivity index is 1.55. The molecule has 3 fully saturated rings. The second-order valence-corrected chi connectivity index (χ2v) is 7.20. The fourth-order valence-corrected chi connectivity index (χ4v) is 4.39. The van der Waals surface area contributed by atoms with Crippen molar-refractivity contribution in [3.63, 3.8) is 0 Å². The van der Waals surface area contributed by atoms with E-state index in [-0.39, 0.29) is 24.0 Å². The molecule has 22 heavy (non-hydrogen) atoms. The molecule has 4 nitrogen and oxygen atoms in total. The number of rotatable bonds is 3. The van der Waals surface area contributed by atoms with Gasteiger partial charge in [0.1, 0.15) is 5.76 Å². The van der Waals surface area contributed by atoms with Gasteiger partial charge in [0.15, 0.2) is 0 Å². The first kappa shape index (κ1) is 14.3. The van der Waals surface area contributed by atoms with E-state index in [2.05, 4.69) is 0 Å². The zero-order chi connectivity index (χ0) is 15.1.